The lowest BCUT2D eigenvalue weighted by molar-refractivity contribution is 1.43. The van der Waals surface area contributed by atoms with E-state index in [-0.39, 0.29) is 0 Å². The van der Waals surface area contributed by atoms with Gasteiger partial charge in [-0.3, -0.25) is 0 Å². The van der Waals surface area contributed by atoms with Crippen molar-refractivity contribution in [1.29, 1.82) is 0 Å². The zero-order valence-electron chi connectivity index (χ0n) is 5.75. The molecule has 0 unspecified atom stereocenters. The number of thiophene rings is 1. The quantitative estimate of drug-likeness (QED) is 0.723. The van der Waals surface area contributed by atoms with Crippen molar-refractivity contribution in [2.45, 2.75) is 0 Å². The van der Waals surface area contributed by atoms with Gasteiger partial charge in [0, 0.05) is 5.38 Å². The van der Waals surface area contributed by atoms with E-state index in [1.54, 1.807) is 0 Å². The van der Waals surface area contributed by atoms with Crippen LogP contribution in [0.25, 0.3) is 9.88 Å². The molecule has 0 spiro atoms. The van der Waals surface area contributed by atoms with Crippen LogP contribution in [0.15, 0.2) is 17.5 Å². The first-order chi connectivity index (χ1) is 5.75. The first kappa shape index (κ1) is 8.51. The molecule has 0 aliphatic rings. The van der Waals surface area contributed by atoms with Crippen LogP contribution in [0, 0.1) is 0 Å². The third kappa shape index (κ3) is 1.64. The summed E-state index contributed by atoms with van der Waals surface area (Å²) in [4.78, 5) is 5.20. The predicted octanol–water partition coefficient (Wildman–Crippen LogP) is 4.18. The lowest BCUT2D eigenvalue weighted by atomic mass is 10.5. The van der Waals surface area contributed by atoms with Gasteiger partial charge in [-0.05, 0) is 12.1 Å². The fraction of sp³-hybridized carbons (Fsp3) is 0. The fourth-order valence-corrected chi connectivity index (χ4v) is 2.86. The highest BCUT2D eigenvalue weighted by atomic mass is 35.5. The van der Waals surface area contributed by atoms with Gasteiger partial charge in [0.2, 0.25) is 0 Å². The Labute approximate surface area is 87.6 Å². The van der Waals surface area contributed by atoms with E-state index in [0.29, 0.717) is 5.15 Å². The summed E-state index contributed by atoms with van der Waals surface area (Å²) in [6.45, 7) is 0. The molecule has 2 aromatic rings. The maximum absolute atomic E-state index is 5.78. The summed E-state index contributed by atoms with van der Waals surface area (Å²) < 4.78 is 0.774. The molecule has 5 heteroatoms. The van der Waals surface area contributed by atoms with E-state index in [2.05, 4.69) is 4.98 Å². The molecule has 0 fully saturated rings. The van der Waals surface area contributed by atoms with E-state index < -0.39 is 0 Å². The lowest BCUT2D eigenvalue weighted by Gasteiger charge is -1.84. The van der Waals surface area contributed by atoms with Gasteiger partial charge in [-0.2, -0.15) is 0 Å². The van der Waals surface area contributed by atoms with E-state index in [9.17, 15) is 0 Å². The minimum absolute atomic E-state index is 0.541. The normalized spacial score (nSPS) is 10.5. The van der Waals surface area contributed by atoms with Gasteiger partial charge < -0.3 is 0 Å². The summed E-state index contributed by atoms with van der Waals surface area (Å²) in [7, 11) is 0. The molecule has 12 heavy (non-hydrogen) atoms. The number of hydrogen-bond donors (Lipinski definition) is 0. The van der Waals surface area contributed by atoms with Crippen LogP contribution in [0.5, 0.6) is 0 Å². The van der Waals surface area contributed by atoms with Crippen LogP contribution in [0.1, 0.15) is 0 Å². The summed E-state index contributed by atoms with van der Waals surface area (Å²) in [6, 6.07) is 3.80. The molecule has 2 heterocycles. The first-order valence-electron chi connectivity index (χ1n) is 3.12. The molecule has 1 nitrogen and oxygen atoms in total. The van der Waals surface area contributed by atoms with Crippen LogP contribution in [-0.4, -0.2) is 4.98 Å². The third-order valence-electron chi connectivity index (χ3n) is 1.26. The number of hydrogen-bond acceptors (Lipinski definition) is 3. The van der Waals surface area contributed by atoms with Gasteiger partial charge in [-0.15, -0.1) is 22.7 Å². The van der Waals surface area contributed by atoms with Gasteiger partial charge >= 0.3 is 0 Å². The molecule has 0 bridgehead atoms. The number of halogens is 2. The van der Waals surface area contributed by atoms with Crippen molar-refractivity contribution in [2.75, 3.05) is 0 Å². The van der Waals surface area contributed by atoms with Crippen LogP contribution in [-0.2, 0) is 0 Å². The highest BCUT2D eigenvalue weighted by Gasteiger charge is 2.05. The highest BCUT2D eigenvalue weighted by molar-refractivity contribution is 7.23. The minimum atomic E-state index is 0.541. The molecule has 0 radical (unpaired) electrons. The number of rotatable bonds is 1. The van der Waals surface area contributed by atoms with E-state index >= 15 is 0 Å². The second-order valence-corrected chi connectivity index (χ2v) is 5.04. The van der Waals surface area contributed by atoms with Crippen LogP contribution in [0.2, 0.25) is 9.49 Å². The molecule has 0 atom stereocenters. The molecule has 0 aromatic carbocycles. The van der Waals surface area contributed by atoms with Gasteiger partial charge in [-0.1, -0.05) is 23.2 Å². The largest absolute Gasteiger partial charge is 0.223 e. The Hall–Kier alpha value is -0.0900. The first-order valence-corrected chi connectivity index (χ1v) is 5.57. The molecule has 0 saturated carbocycles. The summed E-state index contributed by atoms with van der Waals surface area (Å²) in [5.41, 5.74) is 0. The average molecular weight is 236 g/mol. The third-order valence-corrected chi connectivity index (χ3v) is 3.83. The van der Waals surface area contributed by atoms with Gasteiger partial charge in [-0.25, -0.2) is 4.98 Å². The highest BCUT2D eigenvalue weighted by Crippen LogP contribution is 2.33. The van der Waals surface area contributed by atoms with Crippen LogP contribution in [0.4, 0.5) is 0 Å². The smallest absolute Gasteiger partial charge is 0.140 e. The molecule has 0 amide bonds. The van der Waals surface area contributed by atoms with Gasteiger partial charge in [0.25, 0.3) is 0 Å². The Morgan fingerprint density at radius 3 is 2.58 bits per heavy atom. The maximum Gasteiger partial charge on any atom is 0.140 e. The van der Waals surface area contributed by atoms with Gasteiger partial charge in [0.1, 0.15) is 10.2 Å². The Morgan fingerprint density at radius 1 is 1.25 bits per heavy atom. The Bertz CT molecular complexity index is 355. The maximum atomic E-state index is 5.78. The van der Waals surface area contributed by atoms with Crippen molar-refractivity contribution in [3.8, 4) is 9.88 Å². The average Bonchev–Trinajstić information content (AvgIpc) is 2.58. The van der Waals surface area contributed by atoms with Crippen LogP contribution < -0.4 is 0 Å². The van der Waals surface area contributed by atoms with Crippen molar-refractivity contribution in [1.82, 2.24) is 4.98 Å². The van der Waals surface area contributed by atoms with Crippen molar-refractivity contribution in [3.05, 3.63) is 27.0 Å². The van der Waals surface area contributed by atoms with Crippen molar-refractivity contribution < 1.29 is 0 Å². The molecule has 62 valence electrons. The SMILES string of the molecule is Clc1csc(-c2ccc(Cl)s2)n1. The van der Waals surface area contributed by atoms with Crippen molar-refractivity contribution in [3.63, 3.8) is 0 Å². The summed E-state index contributed by atoms with van der Waals surface area (Å²) in [5, 5.41) is 3.28. The van der Waals surface area contributed by atoms with E-state index in [1.165, 1.54) is 22.7 Å². The fourth-order valence-electron chi connectivity index (χ4n) is 0.797. The van der Waals surface area contributed by atoms with Gasteiger partial charge in [0.15, 0.2) is 0 Å². The number of aromatic nitrogens is 1. The number of nitrogens with zero attached hydrogens (tertiary/aromatic N) is 1. The van der Waals surface area contributed by atoms with Crippen molar-refractivity contribution >= 4 is 45.9 Å². The van der Waals surface area contributed by atoms with Crippen molar-refractivity contribution in [2.24, 2.45) is 0 Å². The molecular weight excluding hydrogens is 233 g/mol. The molecule has 2 aromatic heterocycles. The summed E-state index contributed by atoms with van der Waals surface area (Å²) >= 11 is 14.5. The Morgan fingerprint density at radius 2 is 2.08 bits per heavy atom. The summed E-state index contributed by atoms with van der Waals surface area (Å²) in [5.74, 6) is 0. The second-order valence-electron chi connectivity index (χ2n) is 2.08. The topological polar surface area (TPSA) is 12.9 Å². The van der Waals surface area contributed by atoms with E-state index in [0.717, 1.165) is 14.2 Å². The zero-order valence-corrected chi connectivity index (χ0v) is 8.90. The molecule has 2 rings (SSSR count). The standard InChI is InChI=1S/C7H3Cl2NS2/c8-5-3-11-7(10-5)4-1-2-6(9)12-4/h1-3H. The molecular formula is C7H3Cl2NS2. The number of thiazole rings is 1. The molecule has 0 saturated heterocycles. The monoisotopic (exact) mass is 235 g/mol. The van der Waals surface area contributed by atoms with E-state index in [4.69, 9.17) is 23.2 Å². The van der Waals surface area contributed by atoms with E-state index in [1.807, 2.05) is 17.5 Å². The second kappa shape index (κ2) is 3.34. The molecule has 0 aliphatic heterocycles. The molecule has 0 aliphatic carbocycles. The Balaban J connectivity index is 2.43. The minimum Gasteiger partial charge on any atom is -0.223 e. The van der Waals surface area contributed by atoms with Gasteiger partial charge in [0.05, 0.1) is 9.21 Å². The lowest BCUT2D eigenvalue weighted by Crippen LogP contribution is -1.66. The predicted molar refractivity (Wildman–Crippen MR) is 55.4 cm³/mol. The molecule has 0 N–H and O–H groups in total. The van der Waals surface area contributed by atoms with Crippen LogP contribution in [0.3, 0.4) is 0 Å². The summed E-state index contributed by atoms with van der Waals surface area (Å²) in [6.07, 6.45) is 0. The Kier molecular flexibility index (Phi) is 2.37. The van der Waals surface area contributed by atoms with Crippen LogP contribution >= 0.6 is 45.9 Å². The zero-order chi connectivity index (χ0) is 8.55.